The Balaban J connectivity index is 1.28. The van der Waals surface area contributed by atoms with Crippen LogP contribution in [0.3, 0.4) is 0 Å². The molecule has 3 aliphatic rings. The highest BCUT2D eigenvalue weighted by Gasteiger charge is 2.38. The van der Waals surface area contributed by atoms with E-state index < -0.39 is 0 Å². The summed E-state index contributed by atoms with van der Waals surface area (Å²) in [6.07, 6.45) is 18.7. The molecule has 4 aromatic carbocycles. The molecule has 6 aromatic rings. The molecule has 0 fully saturated rings. The highest BCUT2D eigenvalue weighted by Crippen LogP contribution is 2.51. The fourth-order valence-corrected chi connectivity index (χ4v) is 7.57. The van der Waals surface area contributed by atoms with Crippen LogP contribution in [0.15, 0.2) is 127 Å². The molecule has 0 N–H and O–H groups in total. The third kappa shape index (κ3) is 3.98. The number of hydrogen-bond acceptors (Lipinski definition) is 2. The lowest BCUT2D eigenvalue weighted by atomic mass is 9.82. The lowest BCUT2D eigenvalue weighted by molar-refractivity contribution is 0.661. The first-order valence-corrected chi connectivity index (χ1v) is 16.0. The number of fused-ring (bicyclic) bond motifs is 5. The maximum absolute atomic E-state index is 5.34. The summed E-state index contributed by atoms with van der Waals surface area (Å²) in [5.74, 6) is 2.33. The van der Waals surface area contributed by atoms with Crippen molar-refractivity contribution in [2.75, 3.05) is 0 Å². The van der Waals surface area contributed by atoms with Gasteiger partial charge in [0.15, 0.2) is 0 Å². The van der Waals surface area contributed by atoms with Gasteiger partial charge in [-0.15, -0.1) is 0 Å². The second-order valence-corrected chi connectivity index (χ2v) is 12.9. The summed E-state index contributed by atoms with van der Waals surface area (Å²) >= 11 is 0. The van der Waals surface area contributed by atoms with Crippen LogP contribution in [0.25, 0.3) is 50.1 Å². The summed E-state index contributed by atoms with van der Waals surface area (Å²) in [7, 11) is 0. The fourth-order valence-electron chi connectivity index (χ4n) is 7.57. The number of hydrogen-bond donors (Lipinski definition) is 0. The quantitative estimate of drug-likeness (QED) is 0.207. The molecular formula is C41H34N4. The van der Waals surface area contributed by atoms with Gasteiger partial charge in [0.1, 0.15) is 11.6 Å². The topological polar surface area (TPSA) is 35.6 Å². The fraction of sp³-hybridized carbons (Fsp3) is 0.171. The average Bonchev–Trinajstić information content (AvgIpc) is 3.72. The molecule has 0 aliphatic heterocycles. The predicted octanol–water partition coefficient (Wildman–Crippen LogP) is 10.0. The number of para-hydroxylation sites is 2. The Labute approximate surface area is 263 Å². The van der Waals surface area contributed by atoms with Crippen molar-refractivity contribution in [3.8, 4) is 22.5 Å². The Morgan fingerprint density at radius 2 is 1.33 bits per heavy atom. The van der Waals surface area contributed by atoms with Crippen LogP contribution in [0.5, 0.6) is 0 Å². The van der Waals surface area contributed by atoms with Gasteiger partial charge in [-0.05, 0) is 90.0 Å². The molecule has 0 saturated carbocycles. The van der Waals surface area contributed by atoms with Crippen LogP contribution in [0, 0.1) is 0 Å². The van der Waals surface area contributed by atoms with Gasteiger partial charge in [0.2, 0.25) is 0 Å². The number of allylic oxidation sites excluding steroid dienone is 8. The molecule has 45 heavy (non-hydrogen) atoms. The largest absolute Gasteiger partial charge is 0.296 e. The molecule has 0 bridgehead atoms. The van der Waals surface area contributed by atoms with Gasteiger partial charge in [-0.25, -0.2) is 9.97 Å². The van der Waals surface area contributed by atoms with Crippen molar-refractivity contribution >= 4 is 27.6 Å². The van der Waals surface area contributed by atoms with Gasteiger partial charge in [0.25, 0.3) is 0 Å². The van der Waals surface area contributed by atoms with Gasteiger partial charge in [0.05, 0.1) is 22.1 Å². The minimum absolute atomic E-state index is 0.192. The van der Waals surface area contributed by atoms with Crippen LogP contribution in [-0.4, -0.2) is 19.1 Å². The van der Waals surface area contributed by atoms with Crippen molar-refractivity contribution in [3.05, 3.63) is 150 Å². The first kappa shape index (κ1) is 26.2. The Kier molecular flexibility index (Phi) is 5.76. The molecular weight excluding hydrogens is 548 g/mol. The molecule has 2 aromatic heterocycles. The number of rotatable bonds is 4. The minimum atomic E-state index is -0.192. The van der Waals surface area contributed by atoms with Crippen LogP contribution in [0.2, 0.25) is 0 Å². The maximum Gasteiger partial charge on any atom is 0.145 e. The van der Waals surface area contributed by atoms with Crippen LogP contribution in [0.1, 0.15) is 61.8 Å². The summed E-state index contributed by atoms with van der Waals surface area (Å²) < 4.78 is 4.72. The monoisotopic (exact) mass is 582 g/mol. The molecule has 0 saturated heterocycles. The van der Waals surface area contributed by atoms with Crippen molar-refractivity contribution < 1.29 is 0 Å². The van der Waals surface area contributed by atoms with E-state index in [1.165, 1.54) is 27.8 Å². The molecule has 1 atom stereocenters. The van der Waals surface area contributed by atoms with E-state index in [9.17, 15) is 0 Å². The standard InChI is InChI=1S/C41H34N4/c1-41(2)33-25-37-35(42-39(27-15-7-3-8-16-27)44(37)29-19-11-5-12-20-29)23-31(33)32-24-36-38(26-34(32)41)45(30-21-13-6-14-22-30)40(43-36)28-17-9-4-10-18-28/h3,5-9,11-15,17-27H,4,10,16H2,1-2H3. The van der Waals surface area contributed by atoms with E-state index >= 15 is 0 Å². The summed E-state index contributed by atoms with van der Waals surface area (Å²) in [6.45, 7) is 4.73. The molecule has 4 heteroatoms. The first-order valence-electron chi connectivity index (χ1n) is 16.0. The van der Waals surface area contributed by atoms with Crippen molar-refractivity contribution in [2.45, 2.75) is 44.4 Å². The second-order valence-electron chi connectivity index (χ2n) is 12.9. The van der Waals surface area contributed by atoms with E-state index in [0.29, 0.717) is 0 Å². The zero-order valence-corrected chi connectivity index (χ0v) is 25.6. The van der Waals surface area contributed by atoms with Crippen molar-refractivity contribution in [1.29, 1.82) is 0 Å². The highest BCUT2D eigenvalue weighted by atomic mass is 15.1. The molecule has 0 radical (unpaired) electrons. The summed E-state index contributed by atoms with van der Waals surface area (Å²) in [6, 6.07) is 30.8. The lowest BCUT2D eigenvalue weighted by Crippen LogP contribution is -2.15. The van der Waals surface area contributed by atoms with Crippen molar-refractivity contribution in [1.82, 2.24) is 19.1 Å². The number of aromatic nitrogens is 4. The predicted molar refractivity (Wildman–Crippen MR) is 185 cm³/mol. The van der Waals surface area contributed by atoms with E-state index in [4.69, 9.17) is 9.97 Å². The zero-order valence-electron chi connectivity index (χ0n) is 25.6. The van der Waals surface area contributed by atoms with E-state index in [1.807, 2.05) is 0 Å². The summed E-state index contributed by atoms with van der Waals surface area (Å²) in [5, 5.41) is 0. The Bertz CT molecular complexity index is 2260. The Morgan fingerprint density at radius 3 is 1.96 bits per heavy atom. The molecule has 3 aliphatic carbocycles. The normalized spacial score (nSPS) is 18.0. The number of imidazole rings is 2. The molecule has 0 spiro atoms. The molecule has 9 rings (SSSR count). The Hall–Kier alpha value is -5.22. The van der Waals surface area contributed by atoms with Crippen molar-refractivity contribution in [3.63, 3.8) is 0 Å². The van der Waals surface area contributed by atoms with Gasteiger partial charge < -0.3 is 0 Å². The molecule has 2 heterocycles. The highest BCUT2D eigenvalue weighted by molar-refractivity contribution is 5.97. The van der Waals surface area contributed by atoms with Crippen LogP contribution < -0.4 is 0 Å². The SMILES string of the molecule is CC1(C)c2cc3c(cc2-c2cc4nc(C5C=CC=CC5)n(-c5ccccc5)c4cc21)nc(C1=CCCC=C1)n3-c1ccccc1. The van der Waals surface area contributed by atoms with Crippen molar-refractivity contribution in [2.24, 2.45) is 0 Å². The van der Waals surface area contributed by atoms with E-state index in [-0.39, 0.29) is 11.3 Å². The number of nitrogens with zero attached hydrogens (tertiary/aromatic N) is 4. The van der Waals surface area contributed by atoms with Gasteiger partial charge in [0, 0.05) is 28.3 Å². The third-order valence-electron chi connectivity index (χ3n) is 9.84. The molecule has 1 unspecified atom stereocenters. The van der Waals surface area contributed by atoms with E-state index in [1.54, 1.807) is 0 Å². The molecule has 0 amide bonds. The van der Waals surface area contributed by atoms with Gasteiger partial charge in [-0.1, -0.05) is 92.8 Å². The van der Waals surface area contributed by atoms with E-state index in [0.717, 1.165) is 64.4 Å². The zero-order chi connectivity index (χ0) is 30.1. The lowest BCUT2D eigenvalue weighted by Gasteiger charge is -2.22. The second kappa shape index (κ2) is 9.90. The number of benzene rings is 4. The third-order valence-corrected chi connectivity index (χ3v) is 9.84. The van der Waals surface area contributed by atoms with Gasteiger partial charge >= 0.3 is 0 Å². The van der Waals surface area contributed by atoms with Crippen LogP contribution in [0.4, 0.5) is 0 Å². The molecule has 218 valence electrons. The molecule has 4 nitrogen and oxygen atoms in total. The Morgan fingerprint density at radius 1 is 0.689 bits per heavy atom. The smallest absolute Gasteiger partial charge is 0.145 e. The summed E-state index contributed by atoms with van der Waals surface area (Å²) in [5.41, 5.74) is 12.8. The van der Waals surface area contributed by atoms with Crippen LogP contribution >= 0.6 is 0 Å². The first-order chi connectivity index (χ1) is 22.1. The summed E-state index contributed by atoms with van der Waals surface area (Å²) in [4.78, 5) is 10.6. The minimum Gasteiger partial charge on any atom is -0.296 e. The maximum atomic E-state index is 5.34. The van der Waals surface area contributed by atoms with E-state index in [2.05, 4.69) is 150 Å². The van der Waals surface area contributed by atoms with Gasteiger partial charge in [-0.2, -0.15) is 0 Å². The van der Waals surface area contributed by atoms with Gasteiger partial charge in [-0.3, -0.25) is 9.13 Å². The van der Waals surface area contributed by atoms with Crippen LogP contribution in [-0.2, 0) is 5.41 Å². The average molecular weight is 583 g/mol.